The van der Waals surface area contributed by atoms with Gasteiger partial charge in [0.15, 0.2) is 5.96 Å². The zero-order valence-corrected chi connectivity index (χ0v) is 21.2. The molecule has 1 aromatic carbocycles. The smallest absolute Gasteiger partial charge is 0.357 e. The van der Waals surface area contributed by atoms with Gasteiger partial charge in [0, 0.05) is 38.1 Å². The largest absolute Gasteiger partial charge is 0.511 e. The Labute approximate surface area is 200 Å². The number of alkyl halides is 3. The molecule has 0 spiro atoms. The van der Waals surface area contributed by atoms with E-state index in [1.54, 1.807) is 0 Å². The van der Waals surface area contributed by atoms with Gasteiger partial charge in [-0.15, -0.1) is 24.0 Å². The predicted molar refractivity (Wildman–Crippen MR) is 128 cm³/mol. The maximum atomic E-state index is 12.7. The van der Waals surface area contributed by atoms with Crippen LogP contribution in [0.15, 0.2) is 35.3 Å². The van der Waals surface area contributed by atoms with Gasteiger partial charge in [0.25, 0.3) is 0 Å². The van der Waals surface area contributed by atoms with Crippen molar-refractivity contribution in [2.24, 2.45) is 10.9 Å². The number of hydrogen-bond acceptors (Lipinski definition) is 3. The Morgan fingerprint density at radius 3 is 2.26 bits per heavy atom. The fourth-order valence-electron chi connectivity index (χ4n) is 3.49. The van der Waals surface area contributed by atoms with E-state index >= 15 is 0 Å². The third kappa shape index (κ3) is 7.77. The minimum Gasteiger partial charge on any atom is -0.357 e. The number of piperidine rings is 1. The first-order chi connectivity index (χ1) is 14.1. The topological polar surface area (TPSA) is 73.8 Å². The monoisotopic (exact) mass is 576 g/mol. The van der Waals surface area contributed by atoms with Gasteiger partial charge < -0.3 is 10.6 Å². The van der Waals surface area contributed by atoms with E-state index in [2.05, 4.69) is 36.6 Å². The highest BCUT2D eigenvalue weighted by molar-refractivity contribution is 14.0. The van der Waals surface area contributed by atoms with E-state index < -0.39 is 15.5 Å². The summed E-state index contributed by atoms with van der Waals surface area (Å²) in [5.41, 5.74) is -4.05. The van der Waals surface area contributed by atoms with Crippen molar-refractivity contribution in [3.05, 3.63) is 35.9 Å². The summed E-state index contributed by atoms with van der Waals surface area (Å²) < 4.78 is 61.8. The highest BCUT2D eigenvalue weighted by atomic mass is 127. The normalized spacial score (nSPS) is 17.8. The van der Waals surface area contributed by atoms with Gasteiger partial charge in [-0.1, -0.05) is 44.2 Å². The number of nitrogens with zero attached hydrogens (tertiary/aromatic N) is 2. The van der Waals surface area contributed by atoms with Crippen molar-refractivity contribution in [1.29, 1.82) is 0 Å². The summed E-state index contributed by atoms with van der Waals surface area (Å²) in [6.07, 6.45) is 0.567. The van der Waals surface area contributed by atoms with Crippen molar-refractivity contribution >= 4 is 40.0 Å². The number of rotatable bonds is 7. The van der Waals surface area contributed by atoms with E-state index in [9.17, 15) is 21.6 Å². The first-order valence-corrected chi connectivity index (χ1v) is 11.7. The van der Waals surface area contributed by atoms with Crippen LogP contribution in [0.25, 0.3) is 0 Å². The van der Waals surface area contributed by atoms with E-state index in [1.165, 1.54) is 5.56 Å². The molecule has 1 unspecified atom stereocenters. The average Bonchev–Trinajstić information content (AvgIpc) is 2.68. The maximum Gasteiger partial charge on any atom is 0.511 e. The number of benzene rings is 1. The third-order valence-corrected chi connectivity index (χ3v) is 6.88. The molecule has 2 rings (SSSR count). The second-order valence-corrected chi connectivity index (χ2v) is 9.68. The Balaban J connectivity index is 0.00000480. The second kappa shape index (κ2) is 12.2. The van der Waals surface area contributed by atoms with Gasteiger partial charge in [-0.25, -0.2) is 8.42 Å². The molecule has 0 aliphatic carbocycles. The van der Waals surface area contributed by atoms with Crippen LogP contribution in [0.3, 0.4) is 0 Å². The van der Waals surface area contributed by atoms with Crippen molar-refractivity contribution in [3.8, 4) is 0 Å². The minimum absolute atomic E-state index is 0. The molecule has 1 heterocycles. The molecule has 0 amide bonds. The maximum absolute atomic E-state index is 12.7. The van der Waals surface area contributed by atoms with E-state index in [0.717, 1.165) is 0 Å². The summed E-state index contributed by atoms with van der Waals surface area (Å²) in [5, 5.41) is 6.42. The SMILES string of the molecule is CCNC(=NCC(c1ccccc1)C(C)C)NC1CCN(S(=O)(=O)C(F)(F)F)CC1.I. The minimum atomic E-state index is -5.26. The fourth-order valence-corrected chi connectivity index (χ4v) is 4.48. The zero-order chi connectivity index (χ0) is 22.4. The molecule has 0 radical (unpaired) electrons. The molecule has 0 bridgehead atoms. The number of guanidine groups is 1. The van der Waals surface area contributed by atoms with Gasteiger partial charge in [0.05, 0.1) is 0 Å². The van der Waals surface area contributed by atoms with Crippen LogP contribution >= 0.6 is 24.0 Å². The molecular weight excluding hydrogens is 544 g/mol. The summed E-state index contributed by atoms with van der Waals surface area (Å²) in [7, 11) is -5.26. The van der Waals surface area contributed by atoms with Gasteiger partial charge in [-0.3, -0.25) is 4.99 Å². The van der Waals surface area contributed by atoms with Crippen LogP contribution in [0.1, 0.15) is 45.1 Å². The Morgan fingerprint density at radius 1 is 1.19 bits per heavy atom. The average molecular weight is 576 g/mol. The summed E-state index contributed by atoms with van der Waals surface area (Å²) in [5.74, 6) is 1.21. The molecular formula is C20H32F3IN4O2S. The lowest BCUT2D eigenvalue weighted by atomic mass is 9.88. The second-order valence-electron chi connectivity index (χ2n) is 7.75. The van der Waals surface area contributed by atoms with Crippen molar-refractivity contribution in [1.82, 2.24) is 14.9 Å². The molecule has 1 aromatic rings. The first-order valence-electron chi connectivity index (χ1n) is 10.2. The van der Waals surface area contributed by atoms with Gasteiger partial charge >= 0.3 is 15.5 Å². The van der Waals surface area contributed by atoms with Crippen LogP contribution in [0.4, 0.5) is 13.2 Å². The zero-order valence-electron chi connectivity index (χ0n) is 18.0. The van der Waals surface area contributed by atoms with Crippen LogP contribution in [-0.4, -0.2) is 56.4 Å². The Bertz CT molecular complexity index is 796. The predicted octanol–water partition coefficient (Wildman–Crippen LogP) is 3.91. The molecule has 1 atom stereocenters. The molecule has 1 fully saturated rings. The van der Waals surface area contributed by atoms with E-state index in [0.29, 0.717) is 29.3 Å². The number of halogens is 4. The van der Waals surface area contributed by atoms with Gasteiger partial charge in [-0.05, 0) is 31.2 Å². The Kier molecular flexibility index (Phi) is 11.0. The van der Waals surface area contributed by atoms with E-state index in [1.807, 2.05) is 25.1 Å². The van der Waals surface area contributed by atoms with E-state index in [-0.39, 0.29) is 61.9 Å². The highest BCUT2D eigenvalue weighted by Gasteiger charge is 2.50. The van der Waals surface area contributed by atoms with Crippen LogP contribution in [0.5, 0.6) is 0 Å². The van der Waals surface area contributed by atoms with Crippen molar-refractivity contribution in [2.75, 3.05) is 26.2 Å². The quantitative estimate of drug-likeness (QED) is 0.294. The van der Waals surface area contributed by atoms with Crippen LogP contribution in [0, 0.1) is 5.92 Å². The lowest BCUT2D eigenvalue weighted by Crippen LogP contribution is -2.51. The first kappa shape index (κ1) is 28.0. The molecule has 11 heteroatoms. The molecule has 178 valence electrons. The van der Waals surface area contributed by atoms with Gasteiger partial charge in [-0.2, -0.15) is 17.5 Å². The molecule has 1 aliphatic heterocycles. The molecule has 0 aromatic heterocycles. The van der Waals surface area contributed by atoms with Crippen molar-refractivity contribution in [2.45, 2.75) is 51.1 Å². The Morgan fingerprint density at radius 2 is 1.77 bits per heavy atom. The summed E-state index contributed by atoms with van der Waals surface area (Å²) >= 11 is 0. The van der Waals surface area contributed by atoms with Crippen molar-refractivity contribution < 1.29 is 21.6 Å². The number of aliphatic imine (C=N–C) groups is 1. The van der Waals surface area contributed by atoms with Gasteiger partial charge in [0.1, 0.15) is 0 Å². The number of hydrogen-bond donors (Lipinski definition) is 2. The van der Waals surface area contributed by atoms with Crippen LogP contribution in [-0.2, 0) is 10.0 Å². The lowest BCUT2D eigenvalue weighted by Gasteiger charge is -2.32. The molecule has 1 aliphatic rings. The molecule has 31 heavy (non-hydrogen) atoms. The Hall–Kier alpha value is -1.08. The summed E-state index contributed by atoms with van der Waals surface area (Å²) in [4.78, 5) is 4.70. The summed E-state index contributed by atoms with van der Waals surface area (Å²) in [6.45, 7) is 7.10. The van der Waals surface area contributed by atoms with Crippen molar-refractivity contribution in [3.63, 3.8) is 0 Å². The third-order valence-electron chi connectivity index (χ3n) is 5.25. The van der Waals surface area contributed by atoms with E-state index in [4.69, 9.17) is 4.99 Å². The highest BCUT2D eigenvalue weighted by Crippen LogP contribution is 2.29. The summed E-state index contributed by atoms with van der Waals surface area (Å²) in [6, 6.07) is 9.99. The number of sulfonamides is 1. The molecule has 6 nitrogen and oxygen atoms in total. The molecule has 0 saturated carbocycles. The fraction of sp³-hybridized carbons (Fsp3) is 0.650. The van der Waals surface area contributed by atoms with Crippen LogP contribution < -0.4 is 10.6 Å². The van der Waals surface area contributed by atoms with Gasteiger partial charge in [0.2, 0.25) is 0 Å². The molecule has 2 N–H and O–H groups in total. The van der Waals surface area contributed by atoms with Crippen LogP contribution in [0.2, 0.25) is 0 Å². The molecule has 1 saturated heterocycles. The number of nitrogens with one attached hydrogen (secondary N) is 2. The lowest BCUT2D eigenvalue weighted by molar-refractivity contribution is -0.0494. The standard InChI is InChI=1S/C20H31F3N4O2S.HI/c1-4-24-19(25-14-18(15(2)3)16-8-6-5-7-9-16)26-17-10-12-27(13-11-17)30(28,29)20(21,22)23;/h5-9,15,17-18H,4,10-14H2,1-3H3,(H2,24,25,26);1H.